The first-order valence-corrected chi connectivity index (χ1v) is 7.79. The topological polar surface area (TPSA) is 122 Å². The third-order valence-electron chi connectivity index (χ3n) is 2.76. The van der Waals surface area contributed by atoms with E-state index in [1.165, 1.54) is 30.3 Å². The Balaban J connectivity index is 1.95. The molecule has 0 saturated carbocycles. The molecular weight excluding hydrogens is 358 g/mol. The number of rotatable bonds is 6. The highest BCUT2D eigenvalue weighted by Gasteiger charge is 2.12. The predicted molar refractivity (Wildman–Crippen MR) is 88.7 cm³/mol. The molecule has 0 aliphatic carbocycles. The molecule has 0 aliphatic heterocycles. The molecule has 0 aliphatic rings. The van der Waals surface area contributed by atoms with Crippen molar-refractivity contribution in [2.75, 3.05) is 11.1 Å². The molecule has 124 valence electrons. The van der Waals surface area contributed by atoms with E-state index in [0.29, 0.717) is 10.7 Å². The molecule has 1 heterocycles. The first kappa shape index (κ1) is 17.7. The minimum absolute atomic E-state index is 0.00976. The second-order valence-electron chi connectivity index (χ2n) is 4.45. The summed E-state index contributed by atoms with van der Waals surface area (Å²) in [6, 6.07) is 6.87. The van der Waals surface area contributed by atoms with Crippen molar-refractivity contribution < 1.29 is 19.6 Å². The standard InChI is InChI=1S/C14H10ClN3O5S/c15-11-3-1-8(5-10(11)14(20)21)17-12(19)7-24-13-4-2-9(6-16-13)18(22)23/h1-6H,7H2,(H,17,19)(H,20,21). The Labute approximate surface area is 145 Å². The number of carboxylic acid groups (broad SMARTS) is 1. The lowest BCUT2D eigenvalue weighted by Gasteiger charge is -2.07. The molecule has 0 atom stereocenters. The van der Waals surface area contributed by atoms with E-state index in [0.717, 1.165) is 18.0 Å². The maximum absolute atomic E-state index is 11.9. The van der Waals surface area contributed by atoms with Crippen molar-refractivity contribution in [3.05, 3.63) is 57.2 Å². The number of aromatic nitrogens is 1. The van der Waals surface area contributed by atoms with Gasteiger partial charge in [-0.15, -0.1) is 0 Å². The monoisotopic (exact) mass is 367 g/mol. The number of halogens is 1. The number of hydrogen-bond donors (Lipinski definition) is 2. The van der Waals surface area contributed by atoms with Gasteiger partial charge in [-0.25, -0.2) is 9.78 Å². The van der Waals surface area contributed by atoms with Crippen LogP contribution in [0, 0.1) is 10.1 Å². The number of benzene rings is 1. The molecular formula is C14H10ClN3O5S. The SMILES string of the molecule is O=C(CSc1ccc([N+](=O)[O-])cn1)Nc1ccc(Cl)c(C(=O)O)c1. The van der Waals surface area contributed by atoms with Gasteiger partial charge in [-0.05, 0) is 24.3 Å². The average Bonchev–Trinajstić information content (AvgIpc) is 2.55. The second-order valence-corrected chi connectivity index (χ2v) is 5.85. The maximum Gasteiger partial charge on any atom is 0.337 e. The minimum Gasteiger partial charge on any atom is -0.478 e. The van der Waals surface area contributed by atoms with Gasteiger partial charge in [0.2, 0.25) is 5.91 Å². The van der Waals surface area contributed by atoms with Gasteiger partial charge in [0.05, 0.1) is 26.3 Å². The zero-order valence-electron chi connectivity index (χ0n) is 11.9. The normalized spacial score (nSPS) is 10.2. The molecule has 24 heavy (non-hydrogen) atoms. The van der Waals surface area contributed by atoms with Gasteiger partial charge in [0.25, 0.3) is 5.69 Å². The molecule has 0 radical (unpaired) electrons. The van der Waals surface area contributed by atoms with E-state index in [2.05, 4.69) is 10.3 Å². The first-order chi connectivity index (χ1) is 11.4. The molecule has 0 bridgehead atoms. The molecule has 0 fully saturated rings. The molecule has 0 saturated heterocycles. The van der Waals surface area contributed by atoms with E-state index in [4.69, 9.17) is 16.7 Å². The number of carboxylic acids is 1. The zero-order chi connectivity index (χ0) is 17.7. The minimum atomic E-state index is -1.19. The van der Waals surface area contributed by atoms with Crippen LogP contribution in [0.25, 0.3) is 0 Å². The van der Waals surface area contributed by atoms with Crippen LogP contribution < -0.4 is 5.32 Å². The van der Waals surface area contributed by atoms with Gasteiger partial charge in [0, 0.05) is 11.8 Å². The van der Waals surface area contributed by atoms with Crippen LogP contribution in [0.5, 0.6) is 0 Å². The summed E-state index contributed by atoms with van der Waals surface area (Å²) in [5.74, 6) is -1.56. The van der Waals surface area contributed by atoms with Crippen LogP contribution in [0.3, 0.4) is 0 Å². The number of hydrogen-bond acceptors (Lipinski definition) is 6. The number of nitrogens with zero attached hydrogens (tertiary/aromatic N) is 2. The summed E-state index contributed by atoms with van der Waals surface area (Å²) in [4.78, 5) is 36.7. The van der Waals surface area contributed by atoms with E-state index < -0.39 is 10.9 Å². The van der Waals surface area contributed by atoms with Crippen molar-refractivity contribution >= 4 is 46.6 Å². The van der Waals surface area contributed by atoms with Gasteiger partial charge in [-0.2, -0.15) is 0 Å². The lowest BCUT2D eigenvalue weighted by Crippen LogP contribution is -2.14. The van der Waals surface area contributed by atoms with Gasteiger partial charge in [0.15, 0.2) is 0 Å². The molecule has 0 spiro atoms. The lowest BCUT2D eigenvalue weighted by molar-refractivity contribution is -0.385. The molecule has 2 N–H and O–H groups in total. The fourth-order valence-electron chi connectivity index (χ4n) is 1.67. The van der Waals surface area contributed by atoms with Gasteiger partial charge in [-0.3, -0.25) is 14.9 Å². The highest BCUT2D eigenvalue weighted by atomic mass is 35.5. The Kier molecular flexibility index (Phi) is 5.72. The van der Waals surface area contributed by atoms with Crippen molar-refractivity contribution in [2.24, 2.45) is 0 Å². The van der Waals surface area contributed by atoms with Gasteiger partial charge >= 0.3 is 5.97 Å². The predicted octanol–water partition coefficient (Wildman–Crippen LogP) is 3.07. The summed E-state index contributed by atoms with van der Waals surface area (Å²) in [5, 5.41) is 22.6. The van der Waals surface area contributed by atoms with Crippen LogP contribution in [-0.2, 0) is 4.79 Å². The van der Waals surface area contributed by atoms with E-state index in [9.17, 15) is 19.7 Å². The third-order valence-corrected chi connectivity index (χ3v) is 4.04. The largest absolute Gasteiger partial charge is 0.478 e. The molecule has 1 amide bonds. The van der Waals surface area contributed by atoms with Crippen molar-refractivity contribution in [3.63, 3.8) is 0 Å². The van der Waals surface area contributed by atoms with E-state index in [1.807, 2.05) is 0 Å². The van der Waals surface area contributed by atoms with E-state index >= 15 is 0 Å². The number of pyridine rings is 1. The smallest absolute Gasteiger partial charge is 0.337 e. The zero-order valence-corrected chi connectivity index (χ0v) is 13.5. The molecule has 2 rings (SSSR count). The average molecular weight is 368 g/mol. The fourth-order valence-corrected chi connectivity index (χ4v) is 2.51. The summed E-state index contributed by atoms with van der Waals surface area (Å²) in [6.45, 7) is 0. The van der Waals surface area contributed by atoms with Crippen molar-refractivity contribution in [1.29, 1.82) is 0 Å². The molecule has 10 heteroatoms. The molecule has 2 aromatic rings. The molecule has 8 nitrogen and oxygen atoms in total. The Hall–Kier alpha value is -2.65. The van der Waals surface area contributed by atoms with Crippen LogP contribution in [0.2, 0.25) is 5.02 Å². The summed E-state index contributed by atoms with van der Waals surface area (Å²) >= 11 is 6.84. The summed E-state index contributed by atoms with van der Waals surface area (Å²) in [6.07, 6.45) is 1.11. The summed E-state index contributed by atoms with van der Waals surface area (Å²) in [7, 11) is 0. The van der Waals surface area contributed by atoms with Crippen LogP contribution in [0.15, 0.2) is 41.6 Å². The number of amides is 1. The summed E-state index contributed by atoms with van der Waals surface area (Å²) < 4.78 is 0. The van der Waals surface area contributed by atoms with Crippen LogP contribution in [0.4, 0.5) is 11.4 Å². The maximum atomic E-state index is 11.9. The number of nitrogens with one attached hydrogen (secondary N) is 1. The highest BCUT2D eigenvalue weighted by Crippen LogP contribution is 2.22. The van der Waals surface area contributed by atoms with Crippen LogP contribution >= 0.6 is 23.4 Å². The van der Waals surface area contributed by atoms with E-state index in [1.54, 1.807) is 0 Å². The van der Waals surface area contributed by atoms with Crippen LogP contribution in [0.1, 0.15) is 10.4 Å². The number of thioether (sulfide) groups is 1. The van der Waals surface area contributed by atoms with Crippen molar-refractivity contribution in [1.82, 2.24) is 4.98 Å². The van der Waals surface area contributed by atoms with Crippen molar-refractivity contribution in [2.45, 2.75) is 5.03 Å². The Morgan fingerprint density at radius 1 is 1.33 bits per heavy atom. The van der Waals surface area contributed by atoms with Gasteiger partial charge in [-0.1, -0.05) is 23.4 Å². The number of nitro groups is 1. The first-order valence-electron chi connectivity index (χ1n) is 6.43. The lowest BCUT2D eigenvalue weighted by atomic mass is 10.2. The second kappa shape index (κ2) is 7.75. The number of anilines is 1. The number of carbonyl (C=O) groups excluding carboxylic acids is 1. The number of carbonyl (C=O) groups is 2. The fraction of sp³-hybridized carbons (Fsp3) is 0.0714. The van der Waals surface area contributed by atoms with Crippen molar-refractivity contribution in [3.8, 4) is 0 Å². The Bertz CT molecular complexity index is 797. The Morgan fingerprint density at radius 3 is 2.67 bits per heavy atom. The quantitative estimate of drug-likeness (QED) is 0.457. The molecule has 0 unspecified atom stereocenters. The molecule has 1 aromatic heterocycles. The van der Waals surface area contributed by atoms with Gasteiger partial charge in [0.1, 0.15) is 6.20 Å². The van der Waals surface area contributed by atoms with E-state index in [-0.39, 0.29) is 27.9 Å². The number of aromatic carboxylic acids is 1. The highest BCUT2D eigenvalue weighted by molar-refractivity contribution is 7.99. The van der Waals surface area contributed by atoms with Crippen LogP contribution in [-0.4, -0.2) is 32.6 Å². The Morgan fingerprint density at radius 2 is 2.08 bits per heavy atom. The van der Waals surface area contributed by atoms with Gasteiger partial charge < -0.3 is 10.4 Å². The third kappa shape index (κ3) is 4.67. The molecule has 1 aromatic carbocycles. The summed E-state index contributed by atoms with van der Waals surface area (Å²) in [5.41, 5.74) is 0.0596.